The van der Waals surface area contributed by atoms with Gasteiger partial charge in [-0.05, 0) is 36.4 Å². The Balaban J connectivity index is 1.74. The Morgan fingerprint density at radius 1 is 1.23 bits per heavy atom. The van der Waals surface area contributed by atoms with Crippen molar-refractivity contribution < 1.29 is 9.53 Å². The van der Waals surface area contributed by atoms with E-state index in [0.29, 0.717) is 34.8 Å². The van der Waals surface area contributed by atoms with Gasteiger partial charge >= 0.3 is 5.69 Å². The van der Waals surface area contributed by atoms with Crippen LogP contribution >= 0.6 is 11.3 Å². The second-order valence-corrected chi connectivity index (χ2v) is 8.41. The summed E-state index contributed by atoms with van der Waals surface area (Å²) in [5.41, 5.74) is 0.369. The summed E-state index contributed by atoms with van der Waals surface area (Å²) in [4.78, 5) is 38.7. The third kappa shape index (κ3) is 3.86. The molecule has 1 aromatic carbocycles. The van der Waals surface area contributed by atoms with E-state index in [1.165, 1.54) is 20.3 Å². The van der Waals surface area contributed by atoms with Crippen LogP contribution in [0.1, 0.15) is 20.8 Å². The molecule has 0 fully saturated rings. The number of carbonyl (C=O) groups excluding carboxylic acids is 1. The molecule has 0 unspecified atom stereocenters. The van der Waals surface area contributed by atoms with Crippen molar-refractivity contribution in [3.63, 3.8) is 0 Å². The Morgan fingerprint density at radius 3 is 2.74 bits per heavy atom. The zero-order chi connectivity index (χ0) is 22.1. The van der Waals surface area contributed by atoms with Gasteiger partial charge in [0.2, 0.25) is 11.7 Å². The highest BCUT2D eigenvalue weighted by Crippen LogP contribution is 2.23. The van der Waals surface area contributed by atoms with E-state index in [2.05, 4.69) is 10.4 Å². The number of benzene rings is 1. The SMILES string of the molecule is CCOc1ccccc1NC(=O)Cn1nc2n(CC(C)C)c(=O)c3sccc3n2c1=O. The van der Waals surface area contributed by atoms with Crippen molar-refractivity contribution in [1.82, 2.24) is 18.7 Å². The third-order valence-electron chi connectivity index (χ3n) is 4.69. The van der Waals surface area contributed by atoms with Gasteiger partial charge in [0, 0.05) is 6.54 Å². The van der Waals surface area contributed by atoms with E-state index in [0.717, 1.165) is 4.68 Å². The summed E-state index contributed by atoms with van der Waals surface area (Å²) in [5, 5.41) is 8.88. The van der Waals surface area contributed by atoms with Crippen LogP contribution in [0.4, 0.5) is 5.69 Å². The number of para-hydroxylation sites is 2. The van der Waals surface area contributed by atoms with E-state index >= 15 is 0 Å². The first-order chi connectivity index (χ1) is 14.9. The summed E-state index contributed by atoms with van der Waals surface area (Å²) in [6, 6.07) is 8.80. The minimum atomic E-state index is -0.468. The Bertz CT molecular complexity index is 1380. The molecule has 1 N–H and O–H groups in total. The van der Waals surface area contributed by atoms with Crippen LogP contribution in [0.15, 0.2) is 45.3 Å². The molecule has 0 bridgehead atoms. The lowest BCUT2D eigenvalue weighted by Crippen LogP contribution is -2.29. The average molecular weight is 442 g/mol. The molecule has 0 aliphatic carbocycles. The number of thiophene rings is 1. The van der Waals surface area contributed by atoms with Gasteiger partial charge in [0.1, 0.15) is 17.0 Å². The van der Waals surface area contributed by atoms with Crippen molar-refractivity contribution in [3.05, 3.63) is 56.5 Å². The van der Waals surface area contributed by atoms with Crippen molar-refractivity contribution in [2.75, 3.05) is 11.9 Å². The molecular weight excluding hydrogens is 418 g/mol. The lowest BCUT2D eigenvalue weighted by atomic mass is 10.2. The van der Waals surface area contributed by atoms with Crippen LogP contribution in [0.2, 0.25) is 0 Å². The maximum absolute atomic E-state index is 13.1. The molecule has 0 atom stereocenters. The number of carbonyl (C=O) groups is 1. The second kappa shape index (κ2) is 8.38. The average Bonchev–Trinajstić information content (AvgIpc) is 3.32. The van der Waals surface area contributed by atoms with Crippen molar-refractivity contribution in [1.29, 1.82) is 0 Å². The van der Waals surface area contributed by atoms with E-state index in [4.69, 9.17) is 4.74 Å². The fraction of sp³-hybridized carbons (Fsp3) is 0.333. The van der Waals surface area contributed by atoms with Gasteiger partial charge in [-0.2, -0.15) is 0 Å². The molecule has 1 amide bonds. The van der Waals surface area contributed by atoms with E-state index < -0.39 is 11.6 Å². The number of nitrogens with zero attached hydrogens (tertiary/aromatic N) is 4. The summed E-state index contributed by atoms with van der Waals surface area (Å²) in [5.74, 6) is 0.540. The fourth-order valence-electron chi connectivity index (χ4n) is 3.44. The van der Waals surface area contributed by atoms with Crippen LogP contribution < -0.4 is 21.3 Å². The van der Waals surface area contributed by atoms with Crippen LogP contribution in [0.3, 0.4) is 0 Å². The summed E-state index contributed by atoms with van der Waals surface area (Å²) < 4.78 is 10.0. The normalized spacial score (nSPS) is 11.5. The minimum absolute atomic E-state index is 0.178. The zero-order valence-corrected chi connectivity index (χ0v) is 18.3. The van der Waals surface area contributed by atoms with Crippen LogP contribution in [0.25, 0.3) is 16.0 Å². The lowest BCUT2D eigenvalue weighted by Gasteiger charge is -2.10. The number of hydrogen-bond donors (Lipinski definition) is 1. The van der Waals surface area contributed by atoms with Gasteiger partial charge in [0.15, 0.2) is 0 Å². The van der Waals surface area contributed by atoms with E-state index in [1.807, 2.05) is 26.8 Å². The Labute approximate surface area is 181 Å². The van der Waals surface area contributed by atoms with Crippen molar-refractivity contribution in [3.8, 4) is 5.75 Å². The summed E-state index contributed by atoms with van der Waals surface area (Å²) in [6.45, 7) is 6.42. The van der Waals surface area contributed by atoms with E-state index in [9.17, 15) is 14.4 Å². The molecule has 3 aromatic heterocycles. The van der Waals surface area contributed by atoms with Crippen molar-refractivity contribution in [2.45, 2.75) is 33.9 Å². The number of anilines is 1. The van der Waals surface area contributed by atoms with Crippen molar-refractivity contribution >= 4 is 38.9 Å². The van der Waals surface area contributed by atoms with Crippen LogP contribution in [-0.2, 0) is 17.9 Å². The van der Waals surface area contributed by atoms with Crippen molar-refractivity contribution in [2.24, 2.45) is 5.92 Å². The first kappa shape index (κ1) is 20.9. The van der Waals surface area contributed by atoms with Gasteiger partial charge in [-0.1, -0.05) is 26.0 Å². The monoisotopic (exact) mass is 441 g/mol. The number of fused-ring (bicyclic) bond motifs is 3. The number of amides is 1. The van der Waals surface area contributed by atoms with Gasteiger partial charge in [-0.15, -0.1) is 16.4 Å². The molecule has 0 saturated heterocycles. The highest BCUT2D eigenvalue weighted by atomic mass is 32.1. The van der Waals surface area contributed by atoms with Gasteiger partial charge in [-0.3, -0.25) is 14.2 Å². The Hall–Kier alpha value is -3.40. The molecular formula is C21H23N5O4S. The highest BCUT2D eigenvalue weighted by molar-refractivity contribution is 7.17. The van der Waals surface area contributed by atoms with Crippen LogP contribution in [0.5, 0.6) is 5.75 Å². The standard InChI is InChI=1S/C21H23N5O4S/c1-4-30-16-8-6-5-7-14(16)22-17(27)12-25-21(29)26-15-9-10-31-18(15)19(28)24(11-13(2)3)20(26)23-25/h5-10,13H,4,11-12H2,1-3H3,(H,22,27). The zero-order valence-electron chi connectivity index (χ0n) is 17.5. The molecule has 0 saturated carbocycles. The van der Waals surface area contributed by atoms with Crippen LogP contribution in [-0.4, -0.2) is 31.3 Å². The minimum Gasteiger partial charge on any atom is -0.492 e. The molecule has 3 heterocycles. The highest BCUT2D eigenvalue weighted by Gasteiger charge is 2.20. The molecule has 4 rings (SSSR count). The molecule has 162 valence electrons. The topological polar surface area (TPSA) is 99.6 Å². The summed E-state index contributed by atoms with van der Waals surface area (Å²) in [7, 11) is 0. The number of hydrogen-bond acceptors (Lipinski definition) is 6. The number of nitrogens with one attached hydrogen (secondary N) is 1. The lowest BCUT2D eigenvalue weighted by molar-refractivity contribution is -0.117. The Morgan fingerprint density at radius 2 is 2.00 bits per heavy atom. The molecule has 10 heteroatoms. The van der Waals surface area contributed by atoms with Gasteiger partial charge in [-0.25, -0.2) is 13.9 Å². The molecule has 4 aromatic rings. The van der Waals surface area contributed by atoms with E-state index in [-0.39, 0.29) is 23.8 Å². The van der Waals surface area contributed by atoms with Gasteiger partial charge < -0.3 is 10.1 Å². The molecule has 31 heavy (non-hydrogen) atoms. The molecule has 0 aliphatic heterocycles. The predicted molar refractivity (Wildman–Crippen MR) is 120 cm³/mol. The summed E-state index contributed by atoms with van der Waals surface area (Å²) in [6.07, 6.45) is 0. The Kier molecular flexibility index (Phi) is 5.64. The maximum Gasteiger partial charge on any atom is 0.352 e. The fourth-order valence-corrected chi connectivity index (χ4v) is 4.27. The number of rotatable bonds is 7. The number of aromatic nitrogens is 4. The predicted octanol–water partition coefficient (Wildman–Crippen LogP) is 2.57. The quantitative estimate of drug-likeness (QED) is 0.475. The maximum atomic E-state index is 13.1. The van der Waals surface area contributed by atoms with E-state index in [1.54, 1.807) is 29.6 Å². The van der Waals surface area contributed by atoms with Gasteiger partial charge in [0.05, 0.1) is 17.8 Å². The first-order valence-electron chi connectivity index (χ1n) is 10.0. The molecule has 0 radical (unpaired) electrons. The first-order valence-corrected chi connectivity index (χ1v) is 10.9. The van der Waals surface area contributed by atoms with Gasteiger partial charge in [0.25, 0.3) is 5.56 Å². The second-order valence-electron chi connectivity index (χ2n) is 7.50. The van der Waals surface area contributed by atoms with Crippen LogP contribution in [0, 0.1) is 5.92 Å². The largest absolute Gasteiger partial charge is 0.492 e. The third-order valence-corrected chi connectivity index (χ3v) is 5.58. The smallest absolute Gasteiger partial charge is 0.352 e. The number of ether oxygens (including phenoxy) is 1. The summed E-state index contributed by atoms with van der Waals surface area (Å²) >= 11 is 1.29. The molecule has 9 nitrogen and oxygen atoms in total. The molecule has 0 aliphatic rings. The molecule has 0 spiro atoms.